The first-order chi connectivity index (χ1) is 8.78. The highest BCUT2D eigenvalue weighted by atomic mass is 35.5. The summed E-state index contributed by atoms with van der Waals surface area (Å²) in [5, 5.41) is 1.04. The van der Waals surface area contributed by atoms with Gasteiger partial charge in [0.25, 0.3) is 0 Å². The molecule has 1 aromatic rings. The first-order valence-electron chi connectivity index (χ1n) is 5.46. The summed E-state index contributed by atoms with van der Waals surface area (Å²) in [5.74, 6) is -0.636. The van der Waals surface area contributed by atoms with Crippen LogP contribution in [0.1, 0.15) is 31.1 Å². The monoisotopic (exact) mass is 286 g/mol. The summed E-state index contributed by atoms with van der Waals surface area (Å²) in [6.07, 6.45) is 1.72. The van der Waals surface area contributed by atoms with E-state index in [9.17, 15) is 9.59 Å². The third-order valence-electron chi connectivity index (χ3n) is 1.96. The van der Waals surface area contributed by atoms with Crippen LogP contribution in [0.2, 0.25) is 5.15 Å². The van der Waals surface area contributed by atoms with Gasteiger partial charge >= 0.3 is 5.97 Å². The summed E-state index contributed by atoms with van der Waals surface area (Å²) < 4.78 is 4.63. The summed E-state index contributed by atoms with van der Waals surface area (Å²) in [6, 6.07) is 1.31. The maximum atomic E-state index is 11.7. The lowest BCUT2D eigenvalue weighted by Gasteiger charge is -2.27. The van der Waals surface area contributed by atoms with Crippen molar-refractivity contribution in [3.63, 3.8) is 0 Å². The molecule has 0 aliphatic carbocycles. The van der Waals surface area contributed by atoms with E-state index in [-0.39, 0.29) is 16.4 Å². The van der Waals surface area contributed by atoms with Crippen molar-refractivity contribution in [3.05, 3.63) is 23.0 Å². The molecule has 104 valence electrons. The van der Waals surface area contributed by atoms with Gasteiger partial charge in [0.2, 0.25) is 6.41 Å². The number of aromatic nitrogens is 1. The molecule has 0 saturated carbocycles. The Hall–Kier alpha value is -1.66. The highest BCUT2D eigenvalue weighted by molar-refractivity contribution is 6.29. The van der Waals surface area contributed by atoms with E-state index in [2.05, 4.69) is 9.72 Å². The number of rotatable bonds is 4. The molecule has 0 bridgehead atoms. The van der Waals surface area contributed by atoms with Crippen LogP contribution in [0.5, 0.6) is 0 Å². The zero-order valence-corrected chi connectivity index (χ0v) is 11.9. The van der Waals surface area contributed by atoms with Gasteiger partial charge in [0.1, 0.15) is 10.8 Å². The van der Waals surface area contributed by atoms with Crippen LogP contribution in [-0.4, -0.2) is 30.1 Å². The minimum atomic E-state index is -0.636. The molecule has 0 spiro atoms. The molecule has 1 aromatic heterocycles. The largest absolute Gasteiger partial charge is 0.465 e. The number of ether oxygens (including phenoxy) is 1. The van der Waals surface area contributed by atoms with Crippen molar-refractivity contribution in [3.8, 4) is 0 Å². The fourth-order valence-electron chi connectivity index (χ4n) is 1.29. The standard InChI is InChI=1S/C12H15ClN2O4/c1-12(2,3)19-15(7-16)9-6-14-10(13)5-8(9)11(17)18-4/h5-7H,1-4H3. The first kappa shape index (κ1) is 15.4. The molecule has 0 radical (unpaired) electrons. The number of nitrogens with zero attached hydrogens (tertiary/aromatic N) is 2. The van der Waals surface area contributed by atoms with Crippen molar-refractivity contribution in [2.75, 3.05) is 12.2 Å². The molecular weight excluding hydrogens is 272 g/mol. The van der Waals surface area contributed by atoms with E-state index in [0.29, 0.717) is 6.41 Å². The van der Waals surface area contributed by atoms with E-state index in [4.69, 9.17) is 16.4 Å². The molecule has 0 aliphatic heterocycles. The molecule has 19 heavy (non-hydrogen) atoms. The summed E-state index contributed by atoms with van der Waals surface area (Å²) >= 11 is 5.73. The average molecular weight is 287 g/mol. The zero-order valence-electron chi connectivity index (χ0n) is 11.1. The Labute approximate surface area is 116 Å². The van der Waals surface area contributed by atoms with Crippen molar-refractivity contribution in [1.82, 2.24) is 4.98 Å². The van der Waals surface area contributed by atoms with Crippen molar-refractivity contribution in [2.24, 2.45) is 0 Å². The molecule has 1 rings (SSSR count). The van der Waals surface area contributed by atoms with Gasteiger partial charge in [-0.1, -0.05) is 11.6 Å². The molecule has 0 saturated heterocycles. The Morgan fingerprint density at radius 1 is 1.47 bits per heavy atom. The van der Waals surface area contributed by atoms with Gasteiger partial charge in [-0.25, -0.2) is 9.78 Å². The van der Waals surface area contributed by atoms with Crippen molar-refractivity contribution < 1.29 is 19.2 Å². The molecule has 1 amide bonds. The van der Waals surface area contributed by atoms with Crippen LogP contribution in [0.3, 0.4) is 0 Å². The van der Waals surface area contributed by atoms with Gasteiger partial charge in [-0.2, -0.15) is 5.06 Å². The summed E-state index contributed by atoms with van der Waals surface area (Å²) in [7, 11) is 1.23. The lowest BCUT2D eigenvalue weighted by atomic mass is 10.2. The first-order valence-corrected chi connectivity index (χ1v) is 5.84. The van der Waals surface area contributed by atoms with E-state index >= 15 is 0 Å². The van der Waals surface area contributed by atoms with Crippen LogP contribution in [0.4, 0.5) is 5.69 Å². The Kier molecular flexibility index (Phi) is 4.85. The Morgan fingerprint density at radius 3 is 2.58 bits per heavy atom. The highest BCUT2D eigenvalue weighted by Gasteiger charge is 2.23. The molecular formula is C12H15ClN2O4. The second kappa shape index (κ2) is 5.99. The quantitative estimate of drug-likeness (QED) is 0.367. The maximum absolute atomic E-state index is 11.7. The normalized spacial score (nSPS) is 11.0. The predicted octanol–water partition coefficient (Wildman–Crippen LogP) is 2.21. The molecule has 0 N–H and O–H groups in total. The topological polar surface area (TPSA) is 68.7 Å². The zero-order chi connectivity index (χ0) is 14.6. The van der Waals surface area contributed by atoms with Crippen molar-refractivity contribution in [2.45, 2.75) is 26.4 Å². The van der Waals surface area contributed by atoms with Gasteiger partial charge in [-0.05, 0) is 26.8 Å². The van der Waals surface area contributed by atoms with E-state index in [1.54, 1.807) is 20.8 Å². The van der Waals surface area contributed by atoms with E-state index in [1.807, 2.05) is 0 Å². The molecule has 1 heterocycles. The van der Waals surface area contributed by atoms with Gasteiger partial charge in [-0.15, -0.1) is 0 Å². The molecule has 7 heteroatoms. The fourth-order valence-corrected chi connectivity index (χ4v) is 1.45. The average Bonchev–Trinajstić information content (AvgIpc) is 2.34. The van der Waals surface area contributed by atoms with E-state index in [0.717, 1.165) is 5.06 Å². The van der Waals surface area contributed by atoms with Crippen LogP contribution >= 0.6 is 11.6 Å². The highest BCUT2D eigenvalue weighted by Crippen LogP contribution is 2.25. The van der Waals surface area contributed by atoms with Gasteiger partial charge in [-0.3, -0.25) is 9.63 Å². The van der Waals surface area contributed by atoms with Gasteiger partial charge in [0.15, 0.2) is 0 Å². The second-order valence-corrected chi connectivity index (χ2v) is 5.04. The van der Waals surface area contributed by atoms with Crippen LogP contribution in [0.15, 0.2) is 12.3 Å². The SMILES string of the molecule is COC(=O)c1cc(Cl)ncc1N(C=O)OC(C)(C)C. The molecule has 0 atom stereocenters. The lowest BCUT2D eigenvalue weighted by molar-refractivity contribution is -0.120. The number of carbonyl (C=O) groups excluding carboxylic acids is 2. The number of amides is 1. The molecule has 0 fully saturated rings. The molecule has 6 nitrogen and oxygen atoms in total. The second-order valence-electron chi connectivity index (χ2n) is 4.65. The van der Waals surface area contributed by atoms with Crippen molar-refractivity contribution in [1.29, 1.82) is 0 Å². The lowest BCUT2D eigenvalue weighted by Crippen LogP contribution is -2.34. The number of hydrogen-bond donors (Lipinski definition) is 0. The number of methoxy groups -OCH3 is 1. The number of hydrogen-bond acceptors (Lipinski definition) is 5. The summed E-state index contributed by atoms with van der Waals surface area (Å²) in [6.45, 7) is 5.31. The summed E-state index contributed by atoms with van der Waals surface area (Å²) in [5.41, 5.74) is -0.353. The Bertz CT molecular complexity index is 485. The van der Waals surface area contributed by atoms with Crippen molar-refractivity contribution >= 4 is 29.7 Å². The number of esters is 1. The number of carbonyl (C=O) groups is 2. The molecule has 0 aliphatic rings. The van der Waals surface area contributed by atoms with Crippen LogP contribution in [0, 0.1) is 0 Å². The Morgan fingerprint density at radius 2 is 2.11 bits per heavy atom. The Balaban J connectivity index is 3.23. The summed E-state index contributed by atoms with van der Waals surface area (Å²) in [4.78, 5) is 32.0. The fraction of sp³-hybridized carbons (Fsp3) is 0.417. The number of pyridine rings is 1. The van der Waals surface area contributed by atoms with E-state index < -0.39 is 11.6 Å². The third kappa shape index (κ3) is 4.18. The van der Waals surface area contributed by atoms with Gasteiger partial charge in [0, 0.05) is 0 Å². The number of hydroxylamine groups is 1. The maximum Gasteiger partial charge on any atom is 0.340 e. The van der Waals surface area contributed by atoms with E-state index in [1.165, 1.54) is 19.4 Å². The molecule has 0 aromatic carbocycles. The third-order valence-corrected chi connectivity index (χ3v) is 2.17. The van der Waals surface area contributed by atoms with Crippen LogP contribution in [-0.2, 0) is 14.4 Å². The molecule has 0 unspecified atom stereocenters. The minimum Gasteiger partial charge on any atom is -0.465 e. The predicted molar refractivity (Wildman–Crippen MR) is 70.0 cm³/mol. The van der Waals surface area contributed by atoms with Crippen LogP contribution in [0.25, 0.3) is 0 Å². The smallest absolute Gasteiger partial charge is 0.340 e. The van der Waals surface area contributed by atoms with Crippen LogP contribution < -0.4 is 5.06 Å². The minimum absolute atomic E-state index is 0.0962. The number of anilines is 1. The van der Waals surface area contributed by atoms with Gasteiger partial charge < -0.3 is 4.74 Å². The number of halogens is 1. The van der Waals surface area contributed by atoms with Gasteiger partial charge in [0.05, 0.1) is 24.5 Å².